The zero-order chi connectivity index (χ0) is 18.8. The predicted molar refractivity (Wildman–Crippen MR) is 101 cm³/mol. The molecule has 0 saturated carbocycles. The van der Waals surface area contributed by atoms with Crippen LogP contribution in [0.3, 0.4) is 0 Å². The number of hydrogen-bond acceptors (Lipinski definition) is 5. The van der Waals surface area contributed by atoms with Crippen LogP contribution < -0.4 is 15.3 Å². The van der Waals surface area contributed by atoms with Crippen molar-refractivity contribution >= 4 is 11.3 Å². The van der Waals surface area contributed by atoms with Gasteiger partial charge in [-0.2, -0.15) is 0 Å². The Morgan fingerprint density at radius 3 is 2.67 bits per heavy atom. The lowest BCUT2D eigenvalue weighted by Crippen LogP contribution is -2.47. The fourth-order valence-electron chi connectivity index (χ4n) is 3.47. The summed E-state index contributed by atoms with van der Waals surface area (Å²) in [6.07, 6.45) is 1.73. The Labute approximate surface area is 156 Å². The number of halogens is 1. The van der Waals surface area contributed by atoms with Crippen LogP contribution in [0.25, 0.3) is 5.65 Å². The number of nitrogens with zero attached hydrogens (tertiary/aromatic N) is 5. The number of piperazine rings is 1. The summed E-state index contributed by atoms with van der Waals surface area (Å²) in [5, 5.41) is 4.37. The lowest BCUT2D eigenvalue weighted by molar-refractivity contribution is 0.242. The highest BCUT2D eigenvalue weighted by molar-refractivity contribution is 5.59. The highest BCUT2D eigenvalue weighted by Crippen LogP contribution is 2.29. The van der Waals surface area contributed by atoms with Gasteiger partial charge in [-0.05, 0) is 24.3 Å². The Hall–Kier alpha value is -2.87. The topological polar surface area (TPSA) is 55.0 Å². The average molecular weight is 371 g/mol. The Morgan fingerprint density at radius 1 is 1.11 bits per heavy atom. The molecular weight excluding hydrogens is 349 g/mol. The van der Waals surface area contributed by atoms with Gasteiger partial charge in [0, 0.05) is 45.0 Å². The first-order chi connectivity index (χ1) is 13.2. The molecule has 0 spiro atoms. The van der Waals surface area contributed by atoms with Crippen LogP contribution in [0, 0.1) is 5.82 Å². The first kappa shape index (κ1) is 17.5. The van der Waals surface area contributed by atoms with Crippen LogP contribution in [0.2, 0.25) is 0 Å². The molecule has 1 fully saturated rings. The molecule has 1 aromatic carbocycles. The molecule has 0 aliphatic carbocycles. The average Bonchev–Trinajstić information content (AvgIpc) is 3.03. The van der Waals surface area contributed by atoms with Crippen molar-refractivity contribution in [1.29, 1.82) is 0 Å². The van der Waals surface area contributed by atoms with Crippen molar-refractivity contribution in [3.05, 3.63) is 58.9 Å². The number of hydrogen-bond donors (Lipinski definition) is 0. The summed E-state index contributed by atoms with van der Waals surface area (Å²) in [7, 11) is 1.56. The van der Waals surface area contributed by atoms with Crippen molar-refractivity contribution < 1.29 is 9.13 Å². The third kappa shape index (κ3) is 3.52. The van der Waals surface area contributed by atoms with Crippen molar-refractivity contribution in [2.24, 2.45) is 0 Å². The van der Waals surface area contributed by atoms with Crippen LogP contribution in [-0.2, 0) is 6.54 Å². The molecule has 27 heavy (non-hydrogen) atoms. The Morgan fingerprint density at radius 2 is 1.93 bits per heavy atom. The molecule has 4 rings (SSSR count). The molecule has 0 radical (unpaired) electrons. The van der Waals surface area contributed by atoms with E-state index in [1.165, 1.54) is 16.8 Å². The summed E-state index contributed by atoms with van der Waals surface area (Å²) < 4.78 is 21.8. The van der Waals surface area contributed by atoms with E-state index in [9.17, 15) is 9.18 Å². The maximum atomic E-state index is 13.4. The molecule has 3 heterocycles. The lowest BCUT2D eigenvalue weighted by Gasteiger charge is -2.36. The van der Waals surface area contributed by atoms with E-state index in [2.05, 4.69) is 14.9 Å². The van der Waals surface area contributed by atoms with Crippen LogP contribution >= 0.6 is 0 Å². The molecule has 1 saturated heterocycles. The number of rotatable bonds is 5. The zero-order valence-corrected chi connectivity index (χ0v) is 15.2. The molecule has 1 aliphatic heterocycles. The molecule has 142 valence electrons. The molecule has 3 aromatic rings. The Bertz CT molecular complexity index is 991. The molecule has 0 bridgehead atoms. The number of ether oxygens (including phenoxy) is 1. The van der Waals surface area contributed by atoms with Gasteiger partial charge in [-0.15, -0.1) is 5.10 Å². The van der Waals surface area contributed by atoms with Crippen molar-refractivity contribution in [3.8, 4) is 5.75 Å². The minimum absolute atomic E-state index is 0.111. The van der Waals surface area contributed by atoms with Gasteiger partial charge in [0.15, 0.2) is 5.65 Å². The van der Waals surface area contributed by atoms with E-state index in [-0.39, 0.29) is 11.5 Å². The Balaban J connectivity index is 1.37. The SMILES string of the molecule is COc1cc(F)ccc1N1CCN(CCn2nc3ccccn3c2=O)CC1. The number of anilines is 1. The van der Waals surface area contributed by atoms with E-state index in [1.807, 2.05) is 18.2 Å². The van der Waals surface area contributed by atoms with Crippen molar-refractivity contribution in [2.45, 2.75) is 6.54 Å². The van der Waals surface area contributed by atoms with Crippen molar-refractivity contribution in [2.75, 3.05) is 44.7 Å². The maximum Gasteiger partial charge on any atom is 0.350 e. The number of aromatic nitrogens is 3. The van der Waals surface area contributed by atoms with Crippen molar-refractivity contribution in [1.82, 2.24) is 19.1 Å². The molecule has 0 atom stereocenters. The van der Waals surface area contributed by atoms with Gasteiger partial charge in [-0.25, -0.2) is 13.9 Å². The van der Waals surface area contributed by atoms with E-state index in [1.54, 1.807) is 23.8 Å². The monoisotopic (exact) mass is 371 g/mol. The minimum Gasteiger partial charge on any atom is -0.494 e. The molecule has 0 amide bonds. The summed E-state index contributed by atoms with van der Waals surface area (Å²) in [5.74, 6) is 0.256. The van der Waals surface area contributed by atoms with Crippen LogP contribution in [0.5, 0.6) is 5.75 Å². The minimum atomic E-state index is -0.299. The molecule has 8 heteroatoms. The normalized spacial score (nSPS) is 15.4. The van der Waals surface area contributed by atoms with Crippen LogP contribution in [0.1, 0.15) is 0 Å². The molecular formula is C19H22FN5O2. The largest absolute Gasteiger partial charge is 0.494 e. The zero-order valence-electron chi connectivity index (χ0n) is 15.2. The summed E-state index contributed by atoms with van der Waals surface area (Å²) in [6, 6.07) is 10.2. The first-order valence-electron chi connectivity index (χ1n) is 9.01. The molecule has 1 aliphatic rings. The second-order valence-corrected chi connectivity index (χ2v) is 6.58. The highest BCUT2D eigenvalue weighted by atomic mass is 19.1. The van der Waals surface area contributed by atoms with Gasteiger partial charge in [0.2, 0.25) is 0 Å². The number of methoxy groups -OCH3 is 1. The molecule has 0 unspecified atom stereocenters. The van der Waals surface area contributed by atoms with Gasteiger partial charge in [-0.1, -0.05) is 6.07 Å². The smallest absolute Gasteiger partial charge is 0.350 e. The molecule has 7 nitrogen and oxygen atoms in total. The summed E-state index contributed by atoms with van der Waals surface area (Å²) in [4.78, 5) is 16.8. The summed E-state index contributed by atoms with van der Waals surface area (Å²) in [6.45, 7) is 4.69. The second-order valence-electron chi connectivity index (χ2n) is 6.58. The first-order valence-corrected chi connectivity index (χ1v) is 9.01. The van der Waals surface area contributed by atoms with E-state index in [4.69, 9.17) is 4.74 Å². The van der Waals surface area contributed by atoms with Crippen LogP contribution in [0.4, 0.5) is 10.1 Å². The number of benzene rings is 1. The van der Waals surface area contributed by atoms with Crippen molar-refractivity contribution in [3.63, 3.8) is 0 Å². The van der Waals surface area contributed by atoms with E-state index >= 15 is 0 Å². The van der Waals surface area contributed by atoms with Gasteiger partial charge in [0.05, 0.1) is 19.3 Å². The van der Waals surface area contributed by atoms with E-state index in [0.717, 1.165) is 38.4 Å². The third-order valence-corrected chi connectivity index (χ3v) is 4.97. The van der Waals surface area contributed by atoms with Gasteiger partial charge in [0.1, 0.15) is 11.6 Å². The third-order valence-electron chi connectivity index (χ3n) is 4.97. The quantitative estimate of drug-likeness (QED) is 0.680. The fraction of sp³-hybridized carbons (Fsp3) is 0.368. The molecule has 2 aromatic heterocycles. The standard InChI is InChI=1S/C19H22FN5O2/c1-27-17-14-15(20)5-6-16(17)23-11-8-22(9-12-23)10-13-25-19(26)24-7-3-2-4-18(24)21-25/h2-7,14H,8-13H2,1H3. The maximum absolute atomic E-state index is 13.4. The van der Waals surface area contributed by atoms with E-state index < -0.39 is 0 Å². The number of pyridine rings is 1. The predicted octanol–water partition coefficient (Wildman–Crippen LogP) is 1.47. The van der Waals surface area contributed by atoms with Gasteiger partial charge >= 0.3 is 5.69 Å². The summed E-state index contributed by atoms with van der Waals surface area (Å²) in [5.41, 5.74) is 1.46. The molecule has 0 N–H and O–H groups in total. The fourth-order valence-corrected chi connectivity index (χ4v) is 3.47. The van der Waals surface area contributed by atoms with Gasteiger partial charge < -0.3 is 9.64 Å². The van der Waals surface area contributed by atoms with Crippen LogP contribution in [-0.4, -0.2) is 58.9 Å². The van der Waals surface area contributed by atoms with Gasteiger partial charge in [-0.3, -0.25) is 9.30 Å². The Kier molecular flexibility index (Phi) is 4.81. The van der Waals surface area contributed by atoms with Crippen LogP contribution in [0.15, 0.2) is 47.4 Å². The van der Waals surface area contributed by atoms with E-state index in [0.29, 0.717) is 17.9 Å². The summed E-state index contributed by atoms with van der Waals surface area (Å²) >= 11 is 0. The lowest BCUT2D eigenvalue weighted by atomic mass is 10.2. The number of fused-ring (bicyclic) bond motifs is 1. The second kappa shape index (κ2) is 7.40. The van der Waals surface area contributed by atoms with Gasteiger partial charge in [0.25, 0.3) is 0 Å². The highest BCUT2D eigenvalue weighted by Gasteiger charge is 2.20.